The molecule has 0 aliphatic rings. The average Bonchev–Trinajstić information content (AvgIpc) is 2.17. The Morgan fingerprint density at radius 2 is 1.73 bits per heavy atom. The Kier molecular flexibility index (Phi) is 2.68. The standard InChI is InChI=1S/C13H13NO/c1-10-6-11(2)8-13(7-10)15-12-4-3-5-14-9-12/h3-9H,1-2H3. The quantitative estimate of drug-likeness (QED) is 0.738. The highest BCUT2D eigenvalue weighted by molar-refractivity contribution is 5.36. The molecule has 15 heavy (non-hydrogen) atoms. The molecule has 0 aliphatic heterocycles. The Morgan fingerprint density at radius 3 is 2.33 bits per heavy atom. The van der Waals surface area contributed by atoms with Crippen LogP contribution in [0, 0.1) is 13.8 Å². The van der Waals surface area contributed by atoms with Crippen LogP contribution in [0.15, 0.2) is 42.7 Å². The van der Waals surface area contributed by atoms with Crippen LogP contribution in [0.1, 0.15) is 11.1 Å². The van der Waals surface area contributed by atoms with E-state index in [0.717, 1.165) is 11.5 Å². The second kappa shape index (κ2) is 4.13. The van der Waals surface area contributed by atoms with Crippen LogP contribution < -0.4 is 4.74 Å². The molecule has 2 rings (SSSR count). The molecular weight excluding hydrogens is 186 g/mol. The monoisotopic (exact) mass is 199 g/mol. The van der Waals surface area contributed by atoms with E-state index >= 15 is 0 Å². The lowest BCUT2D eigenvalue weighted by molar-refractivity contribution is 0.479. The fourth-order valence-corrected chi connectivity index (χ4v) is 1.54. The van der Waals surface area contributed by atoms with E-state index in [1.54, 1.807) is 12.4 Å². The van der Waals surface area contributed by atoms with Crippen LogP contribution in [0.2, 0.25) is 0 Å². The van der Waals surface area contributed by atoms with Crippen molar-refractivity contribution in [3.05, 3.63) is 53.9 Å². The molecule has 0 atom stereocenters. The van der Waals surface area contributed by atoms with Crippen molar-refractivity contribution in [3.63, 3.8) is 0 Å². The first-order chi connectivity index (χ1) is 7.24. The lowest BCUT2D eigenvalue weighted by atomic mass is 10.1. The van der Waals surface area contributed by atoms with Gasteiger partial charge in [-0.25, -0.2) is 0 Å². The molecule has 0 spiro atoms. The third-order valence-electron chi connectivity index (χ3n) is 2.07. The number of aryl methyl sites for hydroxylation is 2. The first kappa shape index (κ1) is 9.71. The summed E-state index contributed by atoms with van der Waals surface area (Å²) in [6.07, 6.45) is 3.44. The van der Waals surface area contributed by atoms with E-state index in [9.17, 15) is 0 Å². The molecule has 0 saturated heterocycles. The predicted molar refractivity (Wildman–Crippen MR) is 60.2 cm³/mol. The third kappa shape index (κ3) is 2.56. The van der Waals surface area contributed by atoms with Crippen LogP contribution >= 0.6 is 0 Å². The zero-order valence-corrected chi connectivity index (χ0v) is 8.90. The minimum atomic E-state index is 0.766. The summed E-state index contributed by atoms with van der Waals surface area (Å²) in [7, 11) is 0. The first-order valence-electron chi connectivity index (χ1n) is 4.90. The summed E-state index contributed by atoms with van der Waals surface area (Å²) >= 11 is 0. The molecule has 2 heteroatoms. The number of rotatable bonds is 2. The van der Waals surface area contributed by atoms with Gasteiger partial charge < -0.3 is 4.74 Å². The molecule has 0 aliphatic carbocycles. The second-order valence-electron chi connectivity index (χ2n) is 3.61. The molecule has 0 saturated carbocycles. The number of hydrogen-bond donors (Lipinski definition) is 0. The van der Waals surface area contributed by atoms with Gasteiger partial charge >= 0.3 is 0 Å². The van der Waals surface area contributed by atoms with Gasteiger partial charge in [0.25, 0.3) is 0 Å². The van der Waals surface area contributed by atoms with Gasteiger partial charge in [-0.3, -0.25) is 4.98 Å². The van der Waals surface area contributed by atoms with Crippen molar-refractivity contribution in [2.24, 2.45) is 0 Å². The Bertz CT molecular complexity index is 431. The van der Waals surface area contributed by atoms with Gasteiger partial charge in [-0.2, -0.15) is 0 Å². The summed E-state index contributed by atoms with van der Waals surface area (Å²) in [5.41, 5.74) is 2.41. The molecule has 76 valence electrons. The van der Waals surface area contributed by atoms with Crippen LogP contribution in [0.4, 0.5) is 0 Å². The molecule has 1 aromatic heterocycles. The lowest BCUT2D eigenvalue weighted by Crippen LogP contribution is -1.86. The van der Waals surface area contributed by atoms with Crippen LogP contribution in [-0.2, 0) is 0 Å². The smallest absolute Gasteiger partial charge is 0.145 e. The van der Waals surface area contributed by atoms with Gasteiger partial charge in [0, 0.05) is 6.20 Å². The molecule has 0 radical (unpaired) electrons. The molecule has 0 N–H and O–H groups in total. The van der Waals surface area contributed by atoms with E-state index < -0.39 is 0 Å². The van der Waals surface area contributed by atoms with E-state index in [2.05, 4.69) is 24.9 Å². The predicted octanol–water partition coefficient (Wildman–Crippen LogP) is 3.49. The maximum absolute atomic E-state index is 5.68. The summed E-state index contributed by atoms with van der Waals surface area (Å²) in [6.45, 7) is 4.12. The minimum Gasteiger partial charge on any atom is -0.456 e. The van der Waals surface area contributed by atoms with Crippen LogP contribution in [0.3, 0.4) is 0 Å². The number of benzene rings is 1. The maximum atomic E-state index is 5.68. The molecule has 2 nitrogen and oxygen atoms in total. The van der Waals surface area contributed by atoms with Gasteiger partial charge in [0.1, 0.15) is 11.5 Å². The van der Waals surface area contributed by atoms with Gasteiger partial charge in [0.05, 0.1) is 6.20 Å². The fraction of sp³-hybridized carbons (Fsp3) is 0.154. The number of ether oxygens (including phenoxy) is 1. The van der Waals surface area contributed by atoms with E-state index in [4.69, 9.17) is 4.74 Å². The minimum absolute atomic E-state index is 0.766. The van der Waals surface area contributed by atoms with Crippen molar-refractivity contribution in [1.82, 2.24) is 4.98 Å². The van der Waals surface area contributed by atoms with Gasteiger partial charge in [-0.15, -0.1) is 0 Å². The molecule has 2 aromatic rings. The molecule has 1 aromatic carbocycles. The van der Waals surface area contributed by atoms with Crippen molar-refractivity contribution in [2.75, 3.05) is 0 Å². The van der Waals surface area contributed by atoms with Crippen LogP contribution in [0.25, 0.3) is 0 Å². The Balaban J connectivity index is 2.25. The van der Waals surface area contributed by atoms with Gasteiger partial charge in [-0.1, -0.05) is 6.07 Å². The van der Waals surface area contributed by atoms with E-state index in [-0.39, 0.29) is 0 Å². The average molecular weight is 199 g/mol. The zero-order valence-electron chi connectivity index (χ0n) is 8.90. The molecule has 0 fully saturated rings. The third-order valence-corrected chi connectivity index (χ3v) is 2.07. The Hall–Kier alpha value is -1.83. The Morgan fingerprint density at radius 1 is 1.00 bits per heavy atom. The SMILES string of the molecule is Cc1cc(C)cc(Oc2cccnc2)c1. The summed E-state index contributed by atoms with van der Waals surface area (Å²) < 4.78 is 5.68. The first-order valence-corrected chi connectivity index (χ1v) is 4.90. The van der Waals surface area contributed by atoms with Crippen molar-refractivity contribution in [1.29, 1.82) is 0 Å². The topological polar surface area (TPSA) is 22.1 Å². The van der Waals surface area contributed by atoms with E-state index in [1.807, 2.05) is 24.3 Å². The number of aromatic nitrogens is 1. The highest BCUT2D eigenvalue weighted by Gasteiger charge is 1.98. The van der Waals surface area contributed by atoms with Crippen LogP contribution in [0.5, 0.6) is 11.5 Å². The fourth-order valence-electron chi connectivity index (χ4n) is 1.54. The highest BCUT2D eigenvalue weighted by Crippen LogP contribution is 2.22. The number of pyridine rings is 1. The zero-order chi connectivity index (χ0) is 10.7. The van der Waals surface area contributed by atoms with Gasteiger partial charge in [0.2, 0.25) is 0 Å². The molecule has 1 heterocycles. The van der Waals surface area contributed by atoms with Crippen molar-refractivity contribution in [2.45, 2.75) is 13.8 Å². The highest BCUT2D eigenvalue weighted by atomic mass is 16.5. The molecule has 0 amide bonds. The largest absolute Gasteiger partial charge is 0.456 e. The molecular formula is C13H13NO. The summed E-state index contributed by atoms with van der Waals surface area (Å²) in [5, 5.41) is 0. The summed E-state index contributed by atoms with van der Waals surface area (Å²) in [6, 6.07) is 9.90. The van der Waals surface area contributed by atoms with E-state index in [1.165, 1.54) is 11.1 Å². The van der Waals surface area contributed by atoms with Crippen LogP contribution in [-0.4, -0.2) is 4.98 Å². The normalized spacial score (nSPS) is 10.0. The number of nitrogens with zero attached hydrogens (tertiary/aromatic N) is 1. The molecule has 0 bridgehead atoms. The van der Waals surface area contributed by atoms with Crippen molar-refractivity contribution in [3.8, 4) is 11.5 Å². The second-order valence-corrected chi connectivity index (χ2v) is 3.61. The lowest BCUT2D eigenvalue weighted by Gasteiger charge is -2.06. The maximum Gasteiger partial charge on any atom is 0.145 e. The summed E-state index contributed by atoms with van der Waals surface area (Å²) in [4.78, 5) is 4.00. The number of hydrogen-bond acceptors (Lipinski definition) is 2. The molecule has 0 unspecified atom stereocenters. The van der Waals surface area contributed by atoms with E-state index in [0.29, 0.717) is 0 Å². The van der Waals surface area contributed by atoms with Crippen molar-refractivity contribution < 1.29 is 4.74 Å². The van der Waals surface area contributed by atoms with Gasteiger partial charge in [-0.05, 0) is 49.2 Å². The van der Waals surface area contributed by atoms with Gasteiger partial charge in [0.15, 0.2) is 0 Å². The Labute approximate surface area is 89.6 Å². The van der Waals surface area contributed by atoms with Crippen molar-refractivity contribution >= 4 is 0 Å². The summed E-state index contributed by atoms with van der Waals surface area (Å²) in [5.74, 6) is 1.63.